The molecule has 3 fully saturated rings. The van der Waals surface area contributed by atoms with Crippen LogP contribution in [0.3, 0.4) is 0 Å². The van der Waals surface area contributed by atoms with Crippen LogP contribution >= 0.6 is 0 Å². The van der Waals surface area contributed by atoms with Gasteiger partial charge < -0.3 is 15.0 Å². The third-order valence-corrected chi connectivity index (χ3v) is 7.90. The average Bonchev–Trinajstić information content (AvgIpc) is 3.56. The van der Waals surface area contributed by atoms with Crippen LogP contribution in [0.2, 0.25) is 0 Å². The smallest absolute Gasteiger partial charge is 0.147 e. The van der Waals surface area contributed by atoms with Gasteiger partial charge in [0.05, 0.1) is 17.2 Å². The number of anilines is 1. The molecule has 3 aromatic rings. The maximum absolute atomic E-state index is 6.54. The Kier molecular flexibility index (Phi) is 5.48. The molecule has 3 saturated heterocycles. The molecule has 33 heavy (non-hydrogen) atoms. The number of aromatic nitrogens is 5. The minimum atomic E-state index is 0.0224. The summed E-state index contributed by atoms with van der Waals surface area (Å²) in [6.45, 7) is 5.35. The fourth-order valence-electron chi connectivity index (χ4n) is 6.11. The lowest BCUT2D eigenvalue weighted by Crippen LogP contribution is -2.53. The highest BCUT2D eigenvalue weighted by Gasteiger charge is 2.44. The number of fused-ring (bicyclic) bond motifs is 1. The van der Waals surface area contributed by atoms with Gasteiger partial charge in [-0.3, -0.25) is 9.80 Å². The molecular weight excluding hydrogens is 416 g/mol. The van der Waals surface area contributed by atoms with Crippen LogP contribution in [-0.2, 0) is 11.3 Å². The molecule has 6 heterocycles. The summed E-state index contributed by atoms with van der Waals surface area (Å²) in [7, 11) is 0. The number of hydrogen-bond acceptors (Lipinski definition) is 8. The molecule has 3 aliphatic rings. The van der Waals surface area contributed by atoms with Gasteiger partial charge in [0.25, 0.3) is 0 Å². The molecule has 2 unspecified atom stereocenters. The second-order valence-corrected chi connectivity index (χ2v) is 9.77. The van der Waals surface area contributed by atoms with E-state index in [4.69, 9.17) is 10.5 Å². The van der Waals surface area contributed by atoms with Crippen molar-refractivity contribution in [1.29, 1.82) is 0 Å². The lowest BCUT2D eigenvalue weighted by Gasteiger charge is -2.45. The van der Waals surface area contributed by atoms with E-state index in [9.17, 15) is 0 Å². The zero-order valence-electron chi connectivity index (χ0n) is 19.0. The van der Waals surface area contributed by atoms with E-state index in [0.29, 0.717) is 11.4 Å². The summed E-state index contributed by atoms with van der Waals surface area (Å²) in [5.41, 5.74) is 8.27. The standard InChI is InChI=1S/C24H32N8O/c25-22-20-6-12-32(23(20)27-17-26-22)21-5-4-19(33-21)16-31-11-2-7-24(31)8-13-30(14-9-24)15-18-3-1-10-28-29-18/h1,3,6,10,12,17,19,21H,2,4-5,7-9,11,13-16H2,(H2,25,26,27). The van der Waals surface area contributed by atoms with Crippen LogP contribution in [0.5, 0.6) is 0 Å². The lowest BCUT2D eigenvalue weighted by atomic mass is 9.84. The molecule has 0 amide bonds. The summed E-state index contributed by atoms with van der Waals surface area (Å²) < 4.78 is 8.67. The Balaban J connectivity index is 1.08. The van der Waals surface area contributed by atoms with Crippen molar-refractivity contribution in [2.45, 2.75) is 62.9 Å². The highest BCUT2D eigenvalue weighted by atomic mass is 16.5. The summed E-state index contributed by atoms with van der Waals surface area (Å²) in [4.78, 5) is 13.8. The molecule has 9 nitrogen and oxygen atoms in total. The van der Waals surface area contributed by atoms with Gasteiger partial charge in [-0.15, -0.1) is 0 Å². The van der Waals surface area contributed by atoms with Crippen LogP contribution in [-0.4, -0.2) is 72.4 Å². The van der Waals surface area contributed by atoms with Gasteiger partial charge in [-0.25, -0.2) is 9.97 Å². The van der Waals surface area contributed by atoms with E-state index in [1.807, 2.05) is 18.3 Å². The topological polar surface area (TPSA) is 98.2 Å². The van der Waals surface area contributed by atoms with Crippen molar-refractivity contribution in [2.24, 2.45) is 0 Å². The Morgan fingerprint density at radius 2 is 2.00 bits per heavy atom. The van der Waals surface area contributed by atoms with Gasteiger partial charge >= 0.3 is 0 Å². The van der Waals surface area contributed by atoms with Gasteiger partial charge in [-0.1, -0.05) is 0 Å². The van der Waals surface area contributed by atoms with Crippen LogP contribution in [0.15, 0.2) is 36.9 Å². The molecule has 2 N–H and O–H groups in total. The maximum Gasteiger partial charge on any atom is 0.147 e. The monoisotopic (exact) mass is 448 g/mol. The third kappa shape index (κ3) is 3.98. The molecule has 1 spiro atoms. The number of nitrogens with two attached hydrogens (primary N) is 1. The van der Waals surface area contributed by atoms with Crippen molar-refractivity contribution in [3.63, 3.8) is 0 Å². The SMILES string of the molecule is Nc1ncnc2c1ccn2C1CCC(CN2CCCC23CCN(Cc2cccnn2)CC3)O1. The Labute approximate surface area is 194 Å². The van der Waals surface area contributed by atoms with E-state index in [1.54, 1.807) is 6.20 Å². The van der Waals surface area contributed by atoms with Gasteiger partial charge in [0.2, 0.25) is 0 Å². The van der Waals surface area contributed by atoms with E-state index in [2.05, 4.69) is 40.6 Å². The van der Waals surface area contributed by atoms with Gasteiger partial charge in [-0.2, -0.15) is 10.2 Å². The minimum absolute atomic E-state index is 0.0224. The largest absolute Gasteiger partial charge is 0.383 e. The quantitative estimate of drug-likeness (QED) is 0.636. The van der Waals surface area contributed by atoms with E-state index >= 15 is 0 Å². The molecule has 3 aliphatic heterocycles. The Morgan fingerprint density at radius 1 is 1.09 bits per heavy atom. The maximum atomic E-state index is 6.54. The van der Waals surface area contributed by atoms with Gasteiger partial charge in [0.15, 0.2) is 0 Å². The number of rotatable bonds is 5. The van der Waals surface area contributed by atoms with Crippen LogP contribution in [0, 0.1) is 0 Å². The molecule has 0 aromatic carbocycles. The van der Waals surface area contributed by atoms with Crippen molar-refractivity contribution in [3.05, 3.63) is 42.6 Å². The summed E-state index contributed by atoms with van der Waals surface area (Å²) in [6.07, 6.45) is 12.7. The molecule has 0 saturated carbocycles. The Bertz CT molecular complexity index is 1090. The molecule has 9 heteroatoms. The molecular formula is C24H32N8O. The first-order valence-electron chi connectivity index (χ1n) is 12.2. The number of ether oxygens (including phenoxy) is 1. The molecule has 0 bridgehead atoms. The van der Waals surface area contributed by atoms with Gasteiger partial charge in [0.1, 0.15) is 24.0 Å². The third-order valence-electron chi connectivity index (χ3n) is 7.90. The number of likely N-dealkylation sites (tertiary alicyclic amines) is 2. The molecule has 2 atom stereocenters. The van der Waals surface area contributed by atoms with Crippen molar-refractivity contribution in [2.75, 3.05) is 31.9 Å². The fraction of sp³-hybridized carbons (Fsp3) is 0.583. The van der Waals surface area contributed by atoms with E-state index in [1.165, 1.54) is 38.6 Å². The first-order valence-corrected chi connectivity index (χ1v) is 12.2. The predicted molar refractivity (Wildman–Crippen MR) is 125 cm³/mol. The van der Waals surface area contributed by atoms with Crippen LogP contribution in [0.4, 0.5) is 5.82 Å². The summed E-state index contributed by atoms with van der Waals surface area (Å²) in [5, 5.41) is 9.18. The second-order valence-electron chi connectivity index (χ2n) is 9.77. The number of nitrogens with zero attached hydrogens (tertiary/aromatic N) is 7. The summed E-state index contributed by atoms with van der Waals surface area (Å²) >= 11 is 0. The zero-order valence-corrected chi connectivity index (χ0v) is 19.0. The van der Waals surface area contributed by atoms with E-state index in [-0.39, 0.29) is 12.3 Å². The Morgan fingerprint density at radius 3 is 2.85 bits per heavy atom. The summed E-state index contributed by atoms with van der Waals surface area (Å²) in [6, 6.07) is 6.03. The van der Waals surface area contributed by atoms with Crippen molar-refractivity contribution in [1.82, 2.24) is 34.5 Å². The highest BCUT2D eigenvalue weighted by molar-refractivity contribution is 5.86. The molecule has 0 aliphatic carbocycles. The highest BCUT2D eigenvalue weighted by Crippen LogP contribution is 2.40. The minimum Gasteiger partial charge on any atom is -0.383 e. The van der Waals surface area contributed by atoms with Gasteiger partial charge in [-0.05, 0) is 63.3 Å². The molecule has 174 valence electrons. The first-order chi connectivity index (χ1) is 16.2. The Hall–Kier alpha value is -2.62. The molecule has 0 radical (unpaired) electrons. The van der Waals surface area contributed by atoms with Crippen LogP contribution < -0.4 is 5.73 Å². The number of nitrogen functional groups attached to an aromatic ring is 1. The normalized spacial score (nSPS) is 25.9. The summed E-state index contributed by atoms with van der Waals surface area (Å²) in [5.74, 6) is 0.526. The first kappa shape index (κ1) is 20.9. The number of piperidine rings is 1. The van der Waals surface area contributed by atoms with E-state index in [0.717, 1.165) is 55.7 Å². The van der Waals surface area contributed by atoms with Crippen molar-refractivity contribution in [3.8, 4) is 0 Å². The second kappa shape index (κ2) is 8.62. The molecule has 6 rings (SSSR count). The average molecular weight is 449 g/mol. The van der Waals surface area contributed by atoms with Crippen molar-refractivity contribution < 1.29 is 4.74 Å². The van der Waals surface area contributed by atoms with Crippen LogP contribution in [0.1, 0.15) is 50.4 Å². The lowest BCUT2D eigenvalue weighted by molar-refractivity contribution is -0.0341. The molecule has 3 aromatic heterocycles. The van der Waals surface area contributed by atoms with Crippen LogP contribution in [0.25, 0.3) is 11.0 Å². The van der Waals surface area contributed by atoms with E-state index < -0.39 is 0 Å². The zero-order chi connectivity index (χ0) is 22.3. The fourth-order valence-corrected chi connectivity index (χ4v) is 6.11. The number of hydrogen-bond donors (Lipinski definition) is 1. The van der Waals surface area contributed by atoms with Crippen molar-refractivity contribution >= 4 is 16.9 Å². The van der Waals surface area contributed by atoms with Gasteiger partial charge in [0, 0.05) is 44.1 Å². The predicted octanol–water partition coefficient (Wildman–Crippen LogP) is 2.61.